The van der Waals surface area contributed by atoms with E-state index in [-0.39, 0.29) is 81.3 Å². The number of rotatable bonds is 6. The average molecular weight is 571 g/mol. The zero-order valence-corrected chi connectivity index (χ0v) is 26.4. The van der Waals surface area contributed by atoms with Gasteiger partial charge in [-0.25, -0.2) is 8.42 Å². The third-order valence-electron chi connectivity index (χ3n) is 5.98. The van der Waals surface area contributed by atoms with Crippen molar-refractivity contribution in [3.8, 4) is 11.1 Å². The molecule has 5 rings (SSSR count). The van der Waals surface area contributed by atoms with E-state index in [9.17, 15) is 27.8 Å². The van der Waals surface area contributed by atoms with Crippen molar-refractivity contribution < 1.29 is 91.5 Å². The number of ketones is 1. The second kappa shape index (κ2) is 11.9. The molecule has 1 aliphatic carbocycles. The number of aryl methyl sites for hydroxylation is 2. The molecule has 0 spiro atoms. The minimum absolute atomic E-state index is 0. The number of nitrogens with zero attached hydrogens (tertiary/aromatic N) is 1. The number of pyridine rings is 1. The number of carbonyl (C=O) groups excluding carboxylic acids is 1. The van der Waals surface area contributed by atoms with Crippen LogP contribution >= 0.6 is 12.0 Å². The monoisotopic (exact) mass is 570 g/mol. The number of carbonyl (C=O) groups is 1. The first-order valence-electron chi connectivity index (χ1n) is 10.4. The predicted octanol–water partition coefficient (Wildman–Crippen LogP) is -3.06. The summed E-state index contributed by atoms with van der Waals surface area (Å²) in [5.74, 6) is -0.417. The van der Waals surface area contributed by atoms with Crippen molar-refractivity contribution in [2.75, 3.05) is 5.32 Å². The van der Waals surface area contributed by atoms with E-state index in [0.29, 0.717) is 39.3 Å². The van der Waals surface area contributed by atoms with Gasteiger partial charge in [0, 0.05) is 24.1 Å². The van der Waals surface area contributed by atoms with Gasteiger partial charge in [-0.15, -0.1) is 0 Å². The Morgan fingerprint density at radius 3 is 2.29 bits per heavy atom. The number of anilines is 2. The molecule has 1 heterocycles. The first-order chi connectivity index (χ1) is 17.1. The number of nitrogens with one attached hydrogen (secondary N) is 1. The fraction of sp³-hybridized carbons (Fsp3) is 0.0833. The average Bonchev–Trinajstić information content (AvgIpc) is 2.84. The van der Waals surface area contributed by atoms with Gasteiger partial charge in [0.25, 0.3) is 5.56 Å². The van der Waals surface area contributed by atoms with E-state index in [2.05, 4.69) is 14.7 Å². The van der Waals surface area contributed by atoms with Crippen LogP contribution in [0.25, 0.3) is 22.0 Å². The van der Waals surface area contributed by atoms with E-state index in [0.717, 1.165) is 16.2 Å². The Balaban J connectivity index is 0.00000200. The van der Waals surface area contributed by atoms with Gasteiger partial charge < -0.3 is 19.7 Å². The second-order valence-corrected chi connectivity index (χ2v) is 10.2. The molecule has 0 unspecified atom stereocenters. The van der Waals surface area contributed by atoms with Gasteiger partial charge in [-0.05, 0) is 41.8 Å². The van der Waals surface area contributed by atoms with Gasteiger partial charge in [0.15, 0.2) is 5.78 Å². The topological polar surface area (TPSA) is 150 Å². The number of hydrogen-bond donors (Lipinski definition) is 1. The van der Waals surface area contributed by atoms with Crippen LogP contribution in [0.3, 0.4) is 0 Å². The SMILES string of the molecule is Cc1ccc(Nc2cc(S(=O)(=O)[O-])c3c4c(cc(=O)n3C)-c3ccccc3C(=O)c24)c(SOO[O-])c1.[Na+].[Na+]. The van der Waals surface area contributed by atoms with Crippen LogP contribution in [-0.4, -0.2) is 23.3 Å². The van der Waals surface area contributed by atoms with Crippen LogP contribution in [0.5, 0.6) is 0 Å². The molecule has 0 fully saturated rings. The van der Waals surface area contributed by atoms with Gasteiger partial charge in [-0.1, -0.05) is 30.3 Å². The molecule has 0 saturated carbocycles. The molecule has 1 aromatic heterocycles. The molecular formula is C24H16N2Na2O8S2. The van der Waals surface area contributed by atoms with Gasteiger partial charge >= 0.3 is 59.1 Å². The van der Waals surface area contributed by atoms with Crippen LogP contribution in [0.2, 0.25) is 0 Å². The van der Waals surface area contributed by atoms with E-state index in [4.69, 9.17) is 0 Å². The molecule has 0 bridgehead atoms. The molecule has 3 aromatic carbocycles. The molecule has 14 heteroatoms. The minimum Gasteiger partial charge on any atom is -0.744 e. The van der Waals surface area contributed by atoms with E-state index in [1.54, 1.807) is 49.4 Å². The first kappa shape index (κ1) is 31.0. The van der Waals surface area contributed by atoms with E-state index in [1.165, 1.54) is 13.1 Å². The normalized spacial score (nSPS) is 11.9. The number of aromatic nitrogens is 1. The van der Waals surface area contributed by atoms with Crippen molar-refractivity contribution in [2.24, 2.45) is 7.05 Å². The largest absolute Gasteiger partial charge is 1.00 e. The van der Waals surface area contributed by atoms with Crippen molar-refractivity contribution in [1.82, 2.24) is 4.57 Å². The third-order valence-corrected chi connectivity index (χ3v) is 7.48. The summed E-state index contributed by atoms with van der Waals surface area (Å²) in [6.07, 6.45) is 0. The quantitative estimate of drug-likeness (QED) is 0.0733. The van der Waals surface area contributed by atoms with Crippen molar-refractivity contribution in [3.63, 3.8) is 0 Å². The standard InChI is InChI=1S/C24H18N2O8S2.2Na/c1-12-7-8-16(18(9-12)35-34-33-29)25-17-11-19(36(30,31)32)23-21-15(10-20(27)26(23)2)13-5-3-4-6-14(13)24(28)22(17)21;;/h3-11,25,29H,1-2H3,(H,30,31,32);;/q;2*+1/p-2. The van der Waals surface area contributed by atoms with Crippen molar-refractivity contribution in [3.05, 3.63) is 81.6 Å². The summed E-state index contributed by atoms with van der Waals surface area (Å²) in [5, 5.41) is 17.0. The molecule has 0 aliphatic heterocycles. The van der Waals surface area contributed by atoms with Gasteiger partial charge in [-0.3, -0.25) is 14.6 Å². The summed E-state index contributed by atoms with van der Waals surface area (Å²) in [4.78, 5) is 26.3. The van der Waals surface area contributed by atoms with E-state index < -0.39 is 26.4 Å². The number of benzene rings is 3. The summed E-state index contributed by atoms with van der Waals surface area (Å²) in [7, 11) is -3.74. The molecule has 1 aliphatic rings. The van der Waals surface area contributed by atoms with Crippen LogP contribution in [0, 0.1) is 6.92 Å². The maximum absolute atomic E-state index is 13.7. The van der Waals surface area contributed by atoms with E-state index >= 15 is 0 Å². The summed E-state index contributed by atoms with van der Waals surface area (Å²) in [6.45, 7) is 1.81. The Hall–Kier alpha value is -1.52. The van der Waals surface area contributed by atoms with Crippen LogP contribution in [0.15, 0.2) is 69.2 Å². The maximum atomic E-state index is 13.7. The Labute approximate surface area is 265 Å². The predicted molar refractivity (Wildman–Crippen MR) is 129 cm³/mol. The fourth-order valence-corrected chi connectivity index (χ4v) is 5.71. The first-order valence-corrected chi connectivity index (χ1v) is 12.6. The zero-order chi connectivity index (χ0) is 25.8. The molecule has 4 aromatic rings. The molecule has 0 amide bonds. The van der Waals surface area contributed by atoms with E-state index in [1.807, 2.05) is 0 Å². The van der Waals surface area contributed by atoms with Crippen molar-refractivity contribution in [2.45, 2.75) is 16.7 Å². The summed E-state index contributed by atoms with van der Waals surface area (Å²) in [6, 6.07) is 14.1. The Bertz CT molecular complexity index is 1760. The molecule has 0 atom stereocenters. The number of fused-ring (bicyclic) bond motifs is 2. The van der Waals surface area contributed by atoms with Crippen molar-refractivity contribution in [1.29, 1.82) is 0 Å². The summed E-state index contributed by atoms with van der Waals surface area (Å²) in [5.41, 5.74) is 1.73. The smallest absolute Gasteiger partial charge is 0.744 e. The fourth-order valence-electron chi connectivity index (χ4n) is 4.43. The Morgan fingerprint density at radius 2 is 1.63 bits per heavy atom. The van der Waals surface area contributed by atoms with Crippen LogP contribution in [0.4, 0.5) is 11.4 Å². The second-order valence-electron chi connectivity index (χ2n) is 8.15. The van der Waals surface area contributed by atoms with Gasteiger partial charge in [0.2, 0.25) is 0 Å². The Kier molecular flexibility index (Phi) is 9.73. The molecule has 0 saturated heterocycles. The zero-order valence-electron chi connectivity index (χ0n) is 20.7. The molecule has 10 nitrogen and oxygen atoms in total. The molecule has 0 radical (unpaired) electrons. The van der Waals surface area contributed by atoms with Crippen LogP contribution < -0.4 is 75.2 Å². The maximum Gasteiger partial charge on any atom is 1.00 e. The van der Waals surface area contributed by atoms with Crippen molar-refractivity contribution >= 4 is 50.2 Å². The van der Waals surface area contributed by atoms with Gasteiger partial charge in [0.05, 0.1) is 44.3 Å². The Morgan fingerprint density at radius 1 is 0.947 bits per heavy atom. The van der Waals surface area contributed by atoms with Gasteiger partial charge in [0.1, 0.15) is 10.1 Å². The van der Waals surface area contributed by atoms with Crippen LogP contribution in [0.1, 0.15) is 21.5 Å². The van der Waals surface area contributed by atoms with Crippen LogP contribution in [-0.2, 0) is 26.5 Å². The molecule has 38 heavy (non-hydrogen) atoms. The molecular weight excluding hydrogens is 554 g/mol. The molecule has 1 N–H and O–H groups in total. The minimum atomic E-state index is -5.08. The summed E-state index contributed by atoms with van der Waals surface area (Å²) < 4.78 is 42.6. The number of hydrogen-bond acceptors (Lipinski definition) is 10. The summed E-state index contributed by atoms with van der Waals surface area (Å²) >= 11 is 0.611. The van der Waals surface area contributed by atoms with Gasteiger partial charge in [-0.2, -0.15) is 4.33 Å². The molecule has 184 valence electrons. The third kappa shape index (κ3) is 5.42.